The van der Waals surface area contributed by atoms with E-state index in [1.165, 1.54) is 0 Å². The second kappa shape index (κ2) is 7.75. The normalized spacial score (nSPS) is 14.8. The number of rotatable bonds is 2. The van der Waals surface area contributed by atoms with Crippen LogP contribution in [0.3, 0.4) is 0 Å². The lowest BCUT2D eigenvalue weighted by molar-refractivity contribution is 0.215. The largest absolute Gasteiger partial charge is 0.339 e. The molecule has 1 aliphatic rings. The molecule has 3 heterocycles. The van der Waals surface area contributed by atoms with E-state index < -0.39 is 0 Å². The summed E-state index contributed by atoms with van der Waals surface area (Å²) < 4.78 is 0. The van der Waals surface area contributed by atoms with Crippen molar-refractivity contribution in [2.24, 2.45) is 0 Å². The Morgan fingerprint density at radius 3 is 2.50 bits per heavy atom. The second-order valence-electron chi connectivity index (χ2n) is 6.90. The zero-order valence-corrected chi connectivity index (χ0v) is 16.1. The van der Waals surface area contributed by atoms with E-state index in [-0.39, 0.29) is 6.03 Å². The van der Waals surface area contributed by atoms with Gasteiger partial charge in [-0.2, -0.15) is 0 Å². The molecule has 1 fully saturated rings. The number of carbonyl (C=O) groups is 1. The molecular formula is C20H23N7O. The van der Waals surface area contributed by atoms with Crippen LogP contribution < -0.4 is 10.2 Å². The van der Waals surface area contributed by atoms with Gasteiger partial charge in [-0.05, 0) is 44.5 Å². The molecule has 3 aromatic rings. The number of carbonyl (C=O) groups excluding carboxylic acids is 1. The van der Waals surface area contributed by atoms with Gasteiger partial charge in [0.1, 0.15) is 0 Å². The van der Waals surface area contributed by atoms with Crippen LogP contribution in [0.1, 0.15) is 17.8 Å². The number of nitrogens with zero attached hydrogens (tertiary/aromatic N) is 6. The molecule has 0 atom stereocenters. The fourth-order valence-corrected chi connectivity index (χ4v) is 3.29. The summed E-state index contributed by atoms with van der Waals surface area (Å²) in [6, 6.07) is 7.33. The van der Waals surface area contributed by atoms with Gasteiger partial charge in [0.25, 0.3) is 0 Å². The minimum Gasteiger partial charge on any atom is -0.339 e. The fraction of sp³-hybridized carbons (Fsp3) is 0.350. The lowest BCUT2D eigenvalue weighted by atomic mass is 10.2. The van der Waals surface area contributed by atoms with Crippen LogP contribution in [0.2, 0.25) is 0 Å². The summed E-state index contributed by atoms with van der Waals surface area (Å²) in [6.45, 7) is 6.74. The van der Waals surface area contributed by atoms with Crippen molar-refractivity contribution >= 4 is 28.7 Å². The minimum atomic E-state index is -0.105. The van der Waals surface area contributed by atoms with Crippen molar-refractivity contribution < 1.29 is 4.79 Å². The molecule has 8 nitrogen and oxygen atoms in total. The zero-order valence-electron chi connectivity index (χ0n) is 16.1. The average molecular weight is 377 g/mol. The number of aryl methyl sites for hydroxylation is 2. The maximum atomic E-state index is 12.7. The molecule has 0 bridgehead atoms. The van der Waals surface area contributed by atoms with Crippen LogP contribution in [-0.4, -0.2) is 57.0 Å². The Morgan fingerprint density at radius 2 is 1.71 bits per heavy atom. The Balaban J connectivity index is 1.43. The number of fused-ring (bicyclic) bond motifs is 1. The molecule has 8 heteroatoms. The summed E-state index contributed by atoms with van der Waals surface area (Å²) >= 11 is 0. The Hall–Kier alpha value is -3.29. The molecule has 144 valence electrons. The fourth-order valence-electron chi connectivity index (χ4n) is 3.29. The van der Waals surface area contributed by atoms with Crippen LogP contribution in [0.5, 0.6) is 0 Å². The van der Waals surface area contributed by atoms with Crippen LogP contribution in [0, 0.1) is 13.8 Å². The molecule has 0 aliphatic carbocycles. The second-order valence-corrected chi connectivity index (χ2v) is 6.90. The number of hydrogen-bond donors (Lipinski definition) is 1. The van der Waals surface area contributed by atoms with E-state index in [0.717, 1.165) is 41.1 Å². The minimum absolute atomic E-state index is 0.105. The van der Waals surface area contributed by atoms with E-state index in [1.54, 1.807) is 18.5 Å². The van der Waals surface area contributed by atoms with E-state index in [9.17, 15) is 4.79 Å². The third-order valence-corrected chi connectivity index (χ3v) is 4.94. The Kier molecular flexibility index (Phi) is 5.01. The smallest absolute Gasteiger partial charge is 0.321 e. The lowest BCUT2D eigenvalue weighted by Gasteiger charge is -2.22. The van der Waals surface area contributed by atoms with Crippen LogP contribution in [-0.2, 0) is 0 Å². The number of anilines is 2. The average Bonchev–Trinajstić information content (AvgIpc) is 2.96. The molecule has 1 aromatic carbocycles. The quantitative estimate of drug-likeness (QED) is 0.739. The van der Waals surface area contributed by atoms with Crippen molar-refractivity contribution in [3.63, 3.8) is 0 Å². The predicted molar refractivity (Wildman–Crippen MR) is 108 cm³/mol. The van der Waals surface area contributed by atoms with Crippen molar-refractivity contribution in [2.75, 3.05) is 36.4 Å². The van der Waals surface area contributed by atoms with E-state index in [1.807, 2.05) is 36.9 Å². The first kappa shape index (κ1) is 18.1. The van der Waals surface area contributed by atoms with Gasteiger partial charge in [0.05, 0.1) is 22.4 Å². The number of hydrogen-bond acceptors (Lipinski definition) is 6. The van der Waals surface area contributed by atoms with Crippen molar-refractivity contribution in [3.8, 4) is 0 Å². The van der Waals surface area contributed by atoms with Gasteiger partial charge in [-0.1, -0.05) is 0 Å². The standard InChI is InChI=1S/C20H23N7O/c1-14-15(2)24-18-13-16(5-6-17(18)23-14)25-20(28)27-10-4-9-26(11-12-27)19-21-7-3-8-22-19/h3,5-8,13H,4,9-12H2,1-2H3,(H,25,28). The summed E-state index contributed by atoms with van der Waals surface area (Å²) in [7, 11) is 0. The molecule has 0 saturated carbocycles. The van der Waals surface area contributed by atoms with Crippen molar-refractivity contribution in [2.45, 2.75) is 20.3 Å². The first-order chi connectivity index (χ1) is 13.6. The molecule has 4 rings (SSSR count). The highest BCUT2D eigenvalue weighted by Crippen LogP contribution is 2.18. The molecular weight excluding hydrogens is 354 g/mol. The Labute approximate surface area is 163 Å². The van der Waals surface area contributed by atoms with Crippen molar-refractivity contribution in [3.05, 3.63) is 48.0 Å². The monoisotopic (exact) mass is 377 g/mol. The number of amides is 2. The summed E-state index contributed by atoms with van der Waals surface area (Å²) in [4.78, 5) is 34.4. The highest BCUT2D eigenvalue weighted by molar-refractivity contribution is 5.92. The summed E-state index contributed by atoms with van der Waals surface area (Å²) in [6.07, 6.45) is 4.35. The molecule has 0 spiro atoms. The summed E-state index contributed by atoms with van der Waals surface area (Å²) in [5.41, 5.74) is 4.15. The van der Waals surface area contributed by atoms with E-state index in [2.05, 4.69) is 30.2 Å². The third-order valence-electron chi connectivity index (χ3n) is 4.94. The molecule has 1 saturated heterocycles. The molecule has 1 N–H and O–H groups in total. The first-order valence-electron chi connectivity index (χ1n) is 9.43. The maximum Gasteiger partial charge on any atom is 0.321 e. The molecule has 1 aliphatic heterocycles. The van der Waals surface area contributed by atoms with Gasteiger partial charge in [0, 0.05) is 44.3 Å². The molecule has 0 unspecified atom stereocenters. The molecule has 2 amide bonds. The van der Waals surface area contributed by atoms with Gasteiger partial charge in [0.15, 0.2) is 0 Å². The summed E-state index contributed by atoms with van der Waals surface area (Å²) in [5, 5.41) is 2.99. The zero-order chi connectivity index (χ0) is 19.5. The topological polar surface area (TPSA) is 87.1 Å². The number of nitrogens with one attached hydrogen (secondary N) is 1. The van der Waals surface area contributed by atoms with E-state index in [0.29, 0.717) is 25.6 Å². The van der Waals surface area contributed by atoms with Crippen LogP contribution in [0.25, 0.3) is 11.0 Å². The van der Waals surface area contributed by atoms with Crippen molar-refractivity contribution in [1.29, 1.82) is 0 Å². The Morgan fingerprint density at radius 1 is 0.964 bits per heavy atom. The van der Waals surface area contributed by atoms with Gasteiger partial charge < -0.3 is 15.1 Å². The Bertz CT molecular complexity index is 993. The van der Waals surface area contributed by atoms with Crippen LogP contribution in [0.15, 0.2) is 36.7 Å². The first-order valence-corrected chi connectivity index (χ1v) is 9.43. The van der Waals surface area contributed by atoms with Gasteiger partial charge >= 0.3 is 6.03 Å². The van der Waals surface area contributed by atoms with Crippen LogP contribution >= 0.6 is 0 Å². The molecule has 28 heavy (non-hydrogen) atoms. The third kappa shape index (κ3) is 3.85. The number of aromatic nitrogens is 4. The van der Waals surface area contributed by atoms with Gasteiger partial charge in [0.2, 0.25) is 5.95 Å². The van der Waals surface area contributed by atoms with Crippen molar-refractivity contribution in [1.82, 2.24) is 24.8 Å². The number of benzene rings is 1. The lowest BCUT2D eigenvalue weighted by Crippen LogP contribution is -2.38. The van der Waals surface area contributed by atoms with E-state index in [4.69, 9.17) is 0 Å². The predicted octanol–water partition coefficient (Wildman–Crippen LogP) is 2.78. The SMILES string of the molecule is Cc1nc2ccc(NC(=O)N3CCCN(c4ncccn4)CC3)cc2nc1C. The molecule has 0 radical (unpaired) electrons. The molecule has 2 aromatic heterocycles. The van der Waals surface area contributed by atoms with Gasteiger partial charge in [-0.3, -0.25) is 0 Å². The number of urea groups is 1. The highest BCUT2D eigenvalue weighted by Gasteiger charge is 2.20. The van der Waals surface area contributed by atoms with E-state index >= 15 is 0 Å². The van der Waals surface area contributed by atoms with Gasteiger partial charge in [-0.15, -0.1) is 0 Å². The summed E-state index contributed by atoms with van der Waals surface area (Å²) in [5.74, 6) is 0.712. The van der Waals surface area contributed by atoms with Crippen LogP contribution in [0.4, 0.5) is 16.4 Å². The van der Waals surface area contributed by atoms with Gasteiger partial charge in [-0.25, -0.2) is 24.7 Å². The highest BCUT2D eigenvalue weighted by atomic mass is 16.2. The maximum absolute atomic E-state index is 12.7.